The predicted octanol–water partition coefficient (Wildman–Crippen LogP) is 4.13. The van der Waals surface area contributed by atoms with E-state index in [0.29, 0.717) is 17.9 Å². The van der Waals surface area contributed by atoms with Crippen LogP contribution in [0.5, 0.6) is 5.75 Å². The third kappa shape index (κ3) is 4.28. The smallest absolute Gasteiger partial charge is 0.214 e. The number of nitrogens with zero attached hydrogens (tertiary/aromatic N) is 2. The molecule has 25 heavy (non-hydrogen) atoms. The van der Waals surface area contributed by atoms with Crippen LogP contribution < -0.4 is 10.2 Å². The van der Waals surface area contributed by atoms with Crippen LogP contribution in [0.3, 0.4) is 0 Å². The van der Waals surface area contributed by atoms with Gasteiger partial charge < -0.3 is 10.2 Å². The summed E-state index contributed by atoms with van der Waals surface area (Å²) in [7, 11) is 0. The van der Waals surface area contributed by atoms with Crippen molar-refractivity contribution < 1.29 is 4.74 Å². The third-order valence-corrected chi connectivity index (χ3v) is 4.25. The van der Waals surface area contributed by atoms with Crippen LogP contribution in [0.25, 0.3) is 0 Å². The minimum Gasteiger partial charge on any atom is -0.489 e. The highest BCUT2D eigenvalue weighted by atomic mass is 32.1. The SMILES string of the molecule is CCc1n[nH]c(=S)n1NCc1ccccc1OCc1ccc(C)cc1. The molecule has 0 aliphatic rings. The maximum Gasteiger partial charge on any atom is 0.214 e. The van der Waals surface area contributed by atoms with E-state index >= 15 is 0 Å². The summed E-state index contributed by atoms with van der Waals surface area (Å²) in [4.78, 5) is 0. The Morgan fingerprint density at radius 2 is 1.92 bits per heavy atom. The molecule has 1 aromatic heterocycles. The number of H-pyrrole nitrogens is 1. The second kappa shape index (κ2) is 7.98. The lowest BCUT2D eigenvalue weighted by atomic mass is 10.1. The molecule has 2 N–H and O–H groups in total. The fourth-order valence-corrected chi connectivity index (χ4v) is 2.75. The number of benzene rings is 2. The van der Waals surface area contributed by atoms with Crippen molar-refractivity contribution in [3.63, 3.8) is 0 Å². The van der Waals surface area contributed by atoms with Crippen LogP contribution >= 0.6 is 12.2 Å². The lowest BCUT2D eigenvalue weighted by molar-refractivity contribution is 0.303. The number of rotatable bonds is 7. The van der Waals surface area contributed by atoms with Crippen molar-refractivity contribution in [2.45, 2.75) is 33.4 Å². The molecule has 3 rings (SSSR count). The molecule has 5 nitrogen and oxygen atoms in total. The van der Waals surface area contributed by atoms with Crippen LogP contribution in [0.15, 0.2) is 48.5 Å². The van der Waals surface area contributed by atoms with Crippen molar-refractivity contribution in [3.05, 3.63) is 75.8 Å². The Kier molecular flexibility index (Phi) is 5.50. The number of ether oxygens (including phenoxy) is 1. The average molecular weight is 354 g/mol. The summed E-state index contributed by atoms with van der Waals surface area (Å²) in [5, 5.41) is 7.02. The molecule has 3 aromatic rings. The van der Waals surface area contributed by atoms with Gasteiger partial charge in [0.15, 0.2) is 5.82 Å². The van der Waals surface area contributed by atoms with Gasteiger partial charge in [-0.2, -0.15) is 5.10 Å². The summed E-state index contributed by atoms with van der Waals surface area (Å²) in [5.41, 5.74) is 6.78. The average Bonchev–Trinajstić information content (AvgIpc) is 3.00. The van der Waals surface area contributed by atoms with Crippen LogP contribution in [0.4, 0.5) is 0 Å². The zero-order chi connectivity index (χ0) is 17.6. The maximum absolute atomic E-state index is 6.02. The van der Waals surface area contributed by atoms with E-state index in [1.807, 2.05) is 35.9 Å². The van der Waals surface area contributed by atoms with Crippen LogP contribution in [-0.2, 0) is 19.6 Å². The van der Waals surface area contributed by atoms with Crippen LogP contribution in [0, 0.1) is 11.7 Å². The van der Waals surface area contributed by atoms with E-state index in [1.54, 1.807) is 0 Å². The van der Waals surface area contributed by atoms with Crippen molar-refractivity contribution in [1.29, 1.82) is 0 Å². The zero-order valence-corrected chi connectivity index (χ0v) is 15.3. The van der Waals surface area contributed by atoms with Gasteiger partial charge in [-0.1, -0.05) is 55.0 Å². The molecule has 130 valence electrons. The maximum atomic E-state index is 6.02. The van der Waals surface area contributed by atoms with Gasteiger partial charge in [-0.3, -0.25) is 5.10 Å². The summed E-state index contributed by atoms with van der Waals surface area (Å²) in [6, 6.07) is 16.4. The van der Waals surface area contributed by atoms with Crippen molar-refractivity contribution in [1.82, 2.24) is 14.9 Å². The van der Waals surface area contributed by atoms with Crippen molar-refractivity contribution in [3.8, 4) is 5.75 Å². The number of aromatic amines is 1. The molecule has 0 amide bonds. The second-order valence-corrected chi connectivity index (χ2v) is 6.24. The highest BCUT2D eigenvalue weighted by Gasteiger charge is 2.07. The highest BCUT2D eigenvalue weighted by Crippen LogP contribution is 2.20. The molecular formula is C19H22N4OS. The zero-order valence-electron chi connectivity index (χ0n) is 14.5. The molecule has 0 fully saturated rings. The molecule has 0 spiro atoms. The van der Waals surface area contributed by atoms with Gasteiger partial charge >= 0.3 is 0 Å². The molecule has 0 atom stereocenters. The lowest BCUT2D eigenvalue weighted by Crippen LogP contribution is -2.17. The van der Waals surface area contributed by atoms with Gasteiger partial charge in [-0.15, -0.1) is 0 Å². The Bertz CT molecular complexity index is 883. The molecule has 0 aliphatic carbocycles. The first-order chi connectivity index (χ1) is 12.2. The number of nitrogens with one attached hydrogen (secondary N) is 2. The van der Waals surface area contributed by atoms with Crippen molar-refractivity contribution in [2.75, 3.05) is 5.43 Å². The third-order valence-electron chi connectivity index (χ3n) is 3.97. The fraction of sp³-hybridized carbons (Fsp3) is 0.263. The van der Waals surface area contributed by atoms with Gasteiger partial charge in [0.05, 0.1) is 6.54 Å². The standard InChI is InChI=1S/C19H22N4OS/c1-3-18-21-22-19(25)23(18)20-12-16-6-4-5-7-17(16)24-13-15-10-8-14(2)9-11-15/h4-11,20H,3,12-13H2,1-2H3,(H,22,25). The second-order valence-electron chi connectivity index (χ2n) is 5.85. The van der Waals surface area contributed by atoms with E-state index in [1.165, 1.54) is 5.56 Å². The van der Waals surface area contributed by atoms with E-state index in [9.17, 15) is 0 Å². The Balaban J connectivity index is 1.69. The molecule has 6 heteroatoms. The van der Waals surface area contributed by atoms with Gasteiger partial charge in [0.25, 0.3) is 0 Å². The molecule has 1 heterocycles. The largest absolute Gasteiger partial charge is 0.489 e. The Morgan fingerprint density at radius 3 is 2.68 bits per heavy atom. The fourth-order valence-electron chi connectivity index (χ4n) is 2.53. The Morgan fingerprint density at radius 1 is 1.16 bits per heavy atom. The van der Waals surface area contributed by atoms with Gasteiger partial charge in [-0.25, -0.2) is 4.68 Å². The molecule has 0 saturated carbocycles. The van der Waals surface area contributed by atoms with Gasteiger partial charge in [0.2, 0.25) is 4.77 Å². The van der Waals surface area contributed by atoms with Crippen LogP contribution in [0.1, 0.15) is 29.4 Å². The predicted molar refractivity (Wildman–Crippen MR) is 102 cm³/mol. The van der Waals surface area contributed by atoms with E-state index in [-0.39, 0.29) is 0 Å². The van der Waals surface area contributed by atoms with E-state index in [4.69, 9.17) is 17.0 Å². The minimum atomic E-state index is 0.544. The molecule has 0 unspecified atom stereocenters. The first-order valence-corrected chi connectivity index (χ1v) is 8.74. The van der Waals surface area contributed by atoms with E-state index in [2.05, 4.69) is 46.8 Å². The van der Waals surface area contributed by atoms with Crippen molar-refractivity contribution >= 4 is 12.2 Å². The Hall–Kier alpha value is -2.60. The molecule has 0 bridgehead atoms. The first kappa shape index (κ1) is 17.2. The number of hydrogen-bond donors (Lipinski definition) is 2. The molecule has 0 radical (unpaired) electrons. The minimum absolute atomic E-state index is 0.544. The molecular weight excluding hydrogens is 332 g/mol. The first-order valence-electron chi connectivity index (χ1n) is 8.33. The summed E-state index contributed by atoms with van der Waals surface area (Å²) < 4.78 is 8.40. The summed E-state index contributed by atoms with van der Waals surface area (Å²) in [6.45, 7) is 5.27. The summed E-state index contributed by atoms with van der Waals surface area (Å²) in [5.74, 6) is 1.74. The highest BCUT2D eigenvalue weighted by molar-refractivity contribution is 7.71. The summed E-state index contributed by atoms with van der Waals surface area (Å²) >= 11 is 5.26. The topological polar surface area (TPSA) is 54.9 Å². The lowest BCUT2D eigenvalue weighted by Gasteiger charge is -2.14. The Labute approximate surface area is 152 Å². The van der Waals surface area contributed by atoms with Gasteiger partial charge in [0.1, 0.15) is 12.4 Å². The van der Waals surface area contributed by atoms with Crippen LogP contribution in [0.2, 0.25) is 0 Å². The normalized spacial score (nSPS) is 10.6. The molecule has 0 saturated heterocycles. The van der Waals surface area contributed by atoms with E-state index in [0.717, 1.165) is 29.1 Å². The monoisotopic (exact) mass is 354 g/mol. The van der Waals surface area contributed by atoms with Crippen molar-refractivity contribution in [2.24, 2.45) is 0 Å². The number of para-hydroxylation sites is 1. The van der Waals surface area contributed by atoms with Gasteiger partial charge in [0, 0.05) is 12.0 Å². The van der Waals surface area contributed by atoms with E-state index < -0.39 is 0 Å². The number of aromatic nitrogens is 3. The molecule has 2 aromatic carbocycles. The molecule has 0 aliphatic heterocycles. The van der Waals surface area contributed by atoms with Crippen LogP contribution in [-0.4, -0.2) is 14.9 Å². The quantitative estimate of drug-likeness (QED) is 0.626. The van der Waals surface area contributed by atoms with Gasteiger partial charge in [-0.05, 0) is 30.8 Å². The number of hydrogen-bond acceptors (Lipinski definition) is 4. The summed E-state index contributed by atoms with van der Waals surface area (Å²) in [6.07, 6.45) is 0.797. The number of aryl methyl sites for hydroxylation is 2.